The Morgan fingerprint density at radius 3 is 2.68 bits per heavy atom. The van der Waals surface area contributed by atoms with E-state index in [9.17, 15) is 4.79 Å². The number of ether oxygens (including phenoxy) is 1. The first-order valence-corrected chi connectivity index (χ1v) is 7.87. The molecule has 1 aromatic rings. The number of aryl methyl sites for hydroxylation is 1. The van der Waals surface area contributed by atoms with Crippen molar-refractivity contribution in [1.29, 1.82) is 0 Å². The normalized spacial score (nSPS) is 17.7. The summed E-state index contributed by atoms with van der Waals surface area (Å²) in [6, 6.07) is 8.31. The zero-order valence-corrected chi connectivity index (χ0v) is 14.1. The highest BCUT2D eigenvalue weighted by Gasteiger charge is 2.24. The molecule has 4 nitrogen and oxygen atoms in total. The number of hydrogen-bond acceptors (Lipinski definition) is 3. The quantitative estimate of drug-likeness (QED) is 0.874. The largest absolute Gasteiger partial charge is 0.497 e. The van der Waals surface area contributed by atoms with Crippen LogP contribution in [0.1, 0.15) is 37.7 Å². The maximum absolute atomic E-state index is 12.3. The van der Waals surface area contributed by atoms with Gasteiger partial charge in [0.05, 0.1) is 7.11 Å². The minimum absolute atomic E-state index is 0. The number of carbonyl (C=O) groups excluding carboxylic acids is 1. The van der Waals surface area contributed by atoms with E-state index in [4.69, 9.17) is 10.5 Å². The van der Waals surface area contributed by atoms with Gasteiger partial charge < -0.3 is 15.4 Å². The average Bonchev–Trinajstić information content (AvgIpc) is 2.55. The minimum atomic E-state index is 0. The van der Waals surface area contributed by atoms with Crippen molar-refractivity contribution < 1.29 is 9.53 Å². The fourth-order valence-electron chi connectivity index (χ4n) is 2.95. The third-order valence-electron chi connectivity index (χ3n) is 4.23. The Labute approximate surface area is 139 Å². The van der Waals surface area contributed by atoms with E-state index in [1.165, 1.54) is 12.0 Å². The highest BCUT2D eigenvalue weighted by atomic mass is 35.5. The maximum Gasteiger partial charge on any atom is 0.222 e. The van der Waals surface area contributed by atoms with Crippen LogP contribution in [-0.4, -0.2) is 37.0 Å². The van der Waals surface area contributed by atoms with Crippen molar-refractivity contribution >= 4 is 18.3 Å². The van der Waals surface area contributed by atoms with Crippen molar-refractivity contribution in [3.8, 4) is 5.75 Å². The average molecular weight is 327 g/mol. The fourth-order valence-corrected chi connectivity index (χ4v) is 2.95. The molecule has 0 radical (unpaired) electrons. The smallest absolute Gasteiger partial charge is 0.222 e. The van der Waals surface area contributed by atoms with E-state index >= 15 is 0 Å². The first-order valence-electron chi connectivity index (χ1n) is 7.87. The summed E-state index contributed by atoms with van der Waals surface area (Å²) in [5.74, 6) is 1.13. The van der Waals surface area contributed by atoms with Gasteiger partial charge in [0, 0.05) is 25.6 Å². The number of nitrogens with two attached hydrogens (primary N) is 1. The summed E-state index contributed by atoms with van der Waals surface area (Å²) >= 11 is 0. The summed E-state index contributed by atoms with van der Waals surface area (Å²) in [4.78, 5) is 14.3. The molecule has 0 aliphatic carbocycles. The van der Waals surface area contributed by atoms with Crippen molar-refractivity contribution in [2.75, 3.05) is 20.2 Å². The highest BCUT2D eigenvalue weighted by molar-refractivity contribution is 5.85. The van der Waals surface area contributed by atoms with E-state index in [1.807, 2.05) is 17.0 Å². The van der Waals surface area contributed by atoms with Gasteiger partial charge in [-0.15, -0.1) is 12.4 Å². The SMILES string of the molecule is COc1ccc(CCCC(=O)N2CCCCC2CN)cc1.Cl. The zero-order valence-electron chi connectivity index (χ0n) is 13.3. The number of benzene rings is 1. The van der Waals surface area contributed by atoms with Gasteiger partial charge in [-0.2, -0.15) is 0 Å². The van der Waals surface area contributed by atoms with Crippen LogP contribution in [0.2, 0.25) is 0 Å². The van der Waals surface area contributed by atoms with Crippen LogP contribution in [0.25, 0.3) is 0 Å². The van der Waals surface area contributed by atoms with Crippen LogP contribution in [0.3, 0.4) is 0 Å². The number of rotatable bonds is 6. The van der Waals surface area contributed by atoms with Gasteiger partial charge in [-0.05, 0) is 49.8 Å². The molecule has 1 unspecified atom stereocenters. The molecule has 0 aromatic heterocycles. The van der Waals surface area contributed by atoms with E-state index in [2.05, 4.69) is 12.1 Å². The van der Waals surface area contributed by atoms with Gasteiger partial charge in [-0.3, -0.25) is 4.79 Å². The number of amides is 1. The van der Waals surface area contributed by atoms with E-state index < -0.39 is 0 Å². The summed E-state index contributed by atoms with van der Waals surface area (Å²) in [6.45, 7) is 1.47. The minimum Gasteiger partial charge on any atom is -0.497 e. The van der Waals surface area contributed by atoms with Crippen LogP contribution in [0.4, 0.5) is 0 Å². The molecule has 0 saturated carbocycles. The maximum atomic E-state index is 12.3. The van der Waals surface area contributed by atoms with Crippen LogP contribution >= 0.6 is 12.4 Å². The first kappa shape index (κ1) is 18.8. The lowest BCUT2D eigenvalue weighted by Crippen LogP contribution is -2.47. The number of carbonyl (C=O) groups is 1. The molecule has 22 heavy (non-hydrogen) atoms. The molecule has 2 N–H and O–H groups in total. The monoisotopic (exact) mass is 326 g/mol. The third kappa shape index (κ3) is 5.18. The Bertz CT molecular complexity index is 450. The third-order valence-corrected chi connectivity index (χ3v) is 4.23. The summed E-state index contributed by atoms with van der Waals surface area (Å²) in [5, 5.41) is 0. The molecule has 1 heterocycles. The Kier molecular flexibility index (Phi) is 8.28. The molecule has 1 aliphatic rings. The summed E-state index contributed by atoms with van der Waals surface area (Å²) in [7, 11) is 1.67. The van der Waals surface area contributed by atoms with Crippen molar-refractivity contribution in [3.63, 3.8) is 0 Å². The fraction of sp³-hybridized carbons (Fsp3) is 0.588. The standard InChI is InChI=1S/C17H26N2O2.ClH/c1-21-16-10-8-14(9-11-16)5-4-7-17(20)19-12-3-2-6-15(19)13-18;/h8-11,15H,2-7,12-13,18H2,1H3;1H. The Morgan fingerprint density at radius 2 is 2.05 bits per heavy atom. The molecule has 124 valence electrons. The van der Waals surface area contributed by atoms with Gasteiger partial charge in [0.25, 0.3) is 0 Å². The molecule has 1 fully saturated rings. The van der Waals surface area contributed by atoms with Crippen molar-refractivity contribution in [2.24, 2.45) is 5.73 Å². The molecule has 1 saturated heterocycles. The van der Waals surface area contributed by atoms with Crippen LogP contribution in [-0.2, 0) is 11.2 Å². The van der Waals surface area contributed by atoms with Gasteiger partial charge in [-0.25, -0.2) is 0 Å². The molecule has 1 aromatic carbocycles. The molecule has 0 spiro atoms. The van der Waals surface area contributed by atoms with E-state index in [0.717, 1.165) is 38.0 Å². The number of halogens is 1. The molecular weight excluding hydrogens is 300 g/mol. The van der Waals surface area contributed by atoms with Crippen LogP contribution < -0.4 is 10.5 Å². The molecule has 1 aliphatic heterocycles. The van der Waals surface area contributed by atoms with Crippen LogP contribution in [0.5, 0.6) is 5.75 Å². The molecule has 0 bridgehead atoms. The predicted molar refractivity (Wildman–Crippen MR) is 91.6 cm³/mol. The molecular formula is C17H27ClN2O2. The van der Waals surface area contributed by atoms with Gasteiger partial charge >= 0.3 is 0 Å². The highest BCUT2D eigenvalue weighted by Crippen LogP contribution is 2.18. The molecule has 2 rings (SSSR count). The number of nitrogens with zero attached hydrogens (tertiary/aromatic N) is 1. The van der Waals surface area contributed by atoms with Gasteiger partial charge in [0.2, 0.25) is 5.91 Å². The van der Waals surface area contributed by atoms with Crippen molar-refractivity contribution in [2.45, 2.75) is 44.6 Å². The number of likely N-dealkylation sites (tertiary alicyclic amines) is 1. The number of piperidine rings is 1. The van der Waals surface area contributed by atoms with Gasteiger partial charge in [0.15, 0.2) is 0 Å². The van der Waals surface area contributed by atoms with Gasteiger partial charge in [-0.1, -0.05) is 12.1 Å². The molecule has 1 atom stereocenters. The summed E-state index contributed by atoms with van der Waals surface area (Å²) in [5.41, 5.74) is 7.02. The second-order valence-corrected chi connectivity index (χ2v) is 5.67. The predicted octanol–water partition coefficient (Wildman–Crippen LogP) is 2.78. The van der Waals surface area contributed by atoms with E-state index in [1.54, 1.807) is 7.11 Å². The lowest BCUT2D eigenvalue weighted by Gasteiger charge is -2.35. The second-order valence-electron chi connectivity index (χ2n) is 5.67. The summed E-state index contributed by atoms with van der Waals surface area (Å²) in [6.07, 6.45) is 5.79. The molecule has 1 amide bonds. The second kappa shape index (κ2) is 9.70. The summed E-state index contributed by atoms with van der Waals surface area (Å²) < 4.78 is 5.14. The lowest BCUT2D eigenvalue weighted by molar-refractivity contribution is -0.134. The van der Waals surface area contributed by atoms with Crippen molar-refractivity contribution in [3.05, 3.63) is 29.8 Å². The zero-order chi connectivity index (χ0) is 15.1. The van der Waals surface area contributed by atoms with E-state index in [0.29, 0.717) is 13.0 Å². The topological polar surface area (TPSA) is 55.6 Å². The Balaban J connectivity index is 0.00000242. The first-order chi connectivity index (χ1) is 10.2. The Morgan fingerprint density at radius 1 is 1.32 bits per heavy atom. The molecule has 5 heteroatoms. The van der Waals surface area contributed by atoms with Gasteiger partial charge in [0.1, 0.15) is 5.75 Å². The van der Waals surface area contributed by atoms with Crippen LogP contribution in [0.15, 0.2) is 24.3 Å². The van der Waals surface area contributed by atoms with Crippen LogP contribution in [0, 0.1) is 0 Å². The lowest BCUT2D eigenvalue weighted by atomic mass is 10.0. The van der Waals surface area contributed by atoms with E-state index in [-0.39, 0.29) is 24.4 Å². The van der Waals surface area contributed by atoms with Crippen molar-refractivity contribution in [1.82, 2.24) is 4.90 Å². The number of methoxy groups -OCH3 is 1. The Hall–Kier alpha value is -1.26. The number of hydrogen-bond donors (Lipinski definition) is 1.